The summed E-state index contributed by atoms with van der Waals surface area (Å²) in [4.78, 5) is 13.9. The summed E-state index contributed by atoms with van der Waals surface area (Å²) in [7, 11) is 1.99. The van der Waals surface area contributed by atoms with E-state index in [0.29, 0.717) is 34.4 Å². The number of hydrogen-bond donors (Lipinski definition) is 2. The van der Waals surface area contributed by atoms with Gasteiger partial charge in [-0.1, -0.05) is 30.1 Å². The van der Waals surface area contributed by atoms with Crippen molar-refractivity contribution in [2.24, 2.45) is 0 Å². The highest BCUT2D eigenvalue weighted by Crippen LogP contribution is 2.32. The lowest BCUT2D eigenvalue weighted by atomic mass is 10.2. The van der Waals surface area contributed by atoms with Gasteiger partial charge in [0.1, 0.15) is 0 Å². The maximum Gasteiger partial charge on any atom is 0.225 e. The Morgan fingerprint density at radius 1 is 1.32 bits per heavy atom. The largest absolute Gasteiger partial charge is 0.399 e. The maximum atomic E-state index is 11.8. The van der Waals surface area contributed by atoms with Crippen molar-refractivity contribution in [1.29, 1.82) is 0 Å². The summed E-state index contributed by atoms with van der Waals surface area (Å²) < 4.78 is 0. The maximum absolute atomic E-state index is 11.8. The molecular formula is C13H19Cl2N3O. The fraction of sp³-hybridized carbons (Fsp3) is 0.462. The van der Waals surface area contributed by atoms with Gasteiger partial charge in [-0.3, -0.25) is 4.79 Å². The third kappa shape index (κ3) is 5.27. The molecule has 0 saturated heterocycles. The highest BCUT2D eigenvalue weighted by molar-refractivity contribution is 6.40. The molecular weight excluding hydrogens is 285 g/mol. The molecule has 0 spiro atoms. The van der Waals surface area contributed by atoms with E-state index in [9.17, 15) is 4.79 Å². The number of nitrogen functional groups attached to an aromatic ring is 1. The molecule has 6 heteroatoms. The number of benzene rings is 1. The van der Waals surface area contributed by atoms with Crippen LogP contribution in [-0.4, -0.2) is 30.9 Å². The standard InChI is InChI=1S/C13H19Cl2N3O/c1-3-5-18(2)6-4-12(19)17-13-10(14)7-9(16)8-11(13)15/h7-8H,3-6,16H2,1-2H3,(H,17,19). The SMILES string of the molecule is CCCN(C)CCC(=O)Nc1c(Cl)cc(N)cc1Cl. The fourth-order valence-electron chi connectivity index (χ4n) is 1.70. The number of hydrogen-bond acceptors (Lipinski definition) is 3. The molecule has 0 bridgehead atoms. The first-order valence-corrected chi connectivity index (χ1v) is 6.92. The highest BCUT2D eigenvalue weighted by atomic mass is 35.5. The molecule has 1 aromatic rings. The van der Waals surface area contributed by atoms with Gasteiger partial charge in [0.15, 0.2) is 0 Å². The van der Waals surface area contributed by atoms with Crippen LogP contribution in [0.25, 0.3) is 0 Å². The average Bonchev–Trinajstić information content (AvgIpc) is 2.31. The van der Waals surface area contributed by atoms with Crippen molar-refractivity contribution in [1.82, 2.24) is 4.90 Å². The molecule has 3 N–H and O–H groups in total. The molecule has 1 rings (SSSR count). The van der Waals surface area contributed by atoms with Crippen molar-refractivity contribution in [2.45, 2.75) is 19.8 Å². The van der Waals surface area contributed by atoms with Crippen LogP contribution in [0.2, 0.25) is 10.0 Å². The molecule has 1 amide bonds. The predicted octanol–water partition coefficient (Wildman–Crippen LogP) is 3.25. The van der Waals surface area contributed by atoms with Gasteiger partial charge in [-0.05, 0) is 32.1 Å². The topological polar surface area (TPSA) is 58.4 Å². The Hall–Kier alpha value is -0.970. The second-order valence-corrected chi connectivity index (χ2v) is 5.28. The van der Waals surface area contributed by atoms with E-state index in [1.807, 2.05) is 7.05 Å². The summed E-state index contributed by atoms with van der Waals surface area (Å²) in [6, 6.07) is 3.12. The summed E-state index contributed by atoms with van der Waals surface area (Å²) in [5.74, 6) is -0.114. The number of rotatable bonds is 6. The molecule has 0 aliphatic rings. The number of nitrogens with zero attached hydrogens (tertiary/aromatic N) is 1. The van der Waals surface area contributed by atoms with Gasteiger partial charge in [-0.15, -0.1) is 0 Å². The second-order valence-electron chi connectivity index (χ2n) is 4.46. The first-order valence-electron chi connectivity index (χ1n) is 6.17. The zero-order valence-corrected chi connectivity index (χ0v) is 12.7. The summed E-state index contributed by atoms with van der Waals surface area (Å²) in [6.07, 6.45) is 1.46. The Kier molecular flexibility index (Phi) is 6.42. The minimum atomic E-state index is -0.114. The number of nitrogens with one attached hydrogen (secondary N) is 1. The van der Waals surface area contributed by atoms with Crippen LogP contribution < -0.4 is 11.1 Å². The zero-order valence-electron chi connectivity index (χ0n) is 11.2. The van der Waals surface area contributed by atoms with E-state index in [1.165, 1.54) is 0 Å². The van der Waals surface area contributed by atoms with Crippen molar-refractivity contribution < 1.29 is 4.79 Å². The van der Waals surface area contributed by atoms with Crippen LogP contribution in [0.15, 0.2) is 12.1 Å². The average molecular weight is 304 g/mol. The van der Waals surface area contributed by atoms with E-state index < -0.39 is 0 Å². The van der Waals surface area contributed by atoms with E-state index >= 15 is 0 Å². The number of carbonyl (C=O) groups is 1. The Labute approximate surface area is 123 Å². The molecule has 4 nitrogen and oxygen atoms in total. The summed E-state index contributed by atoms with van der Waals surface area (Å²) >= 11 is 12.0. The molecule has 0 atom stereocenters. The Bertz CT molecular complexity index is 429. The number of nitrogens with two attached hydrogens (primary N) is 1. The monoisotopic (exact) mass is 303 g/mol. The summed E-state index contributed by atoms with van der Waals surface area (Å²) in [5.41, 5.74) is 6.49. The Morgan fingerprint density at radius 3 is 2.42 bits per heavy atom. The van der Waals surface area contributed by atoms with Crippen molar-refractivity contribution >= 4 is 40.5 Å². The van der Waals surface area contributed by atoms with Crippen LogP contribution in [0.1, 0.15) is 19.8 Å². The molecule has 0 aliphatic carbocycles. The van der Waals surface area contributed by atoms with Crippen LogP contribution in [-0.2, 0) is 4.79 Å². The number of halogens is 2. The number of amides is 1. The minimum absolute atomic E-state index is 0.114. The molecule has 1 aromatic carbocycles. The summed E-state index contributed by atoms with van der Waals surface area (Å²) in [6.45, 7) is 3.77. The molecule has 0 aromatic heterocycles. The van der Waals surface area contributed by atoms with Crippen LogP contribution in [0.5, 0.6) is 0 Å². The smallest absolute Gasteiger partial charge is 0.225 e. The lowest BCUT2D eigenvalue weighted by Gasteiger charge is -2.15. The Balaban J connectivity index is 2.58. The first kappa shape index (κ1) is 16.1. The third-order valence-corrected chi connectivity index (χ3v) is 3.25. The predicted molar refractivity (Wildman–Crippen MR) is 81.9 cm³/mol. The van der Waals surface area contributed by atoms with Gasteiger partial charge >= 0.3 is 0 Å². The van der Waals surface area contributed by atoms with Gasteiger partial charge in [-0.2, -0.15) is 0 Å². The molecule has 106 valence electrons. The highest BCUT2D eigenvalue weighted by Gasteiger charge is 2.11. The molecule has 0 aliphatic heterocycles. The van der Waals surface area contributed by atoms with Crippen LogP contribution in [0, 0.1) is 0 Å². The fourth-order valence-corrected chi connectivity index (χ4v) is 2.30. The zero-order chi connectivity index (χ0) is 14.4. The molecule has 0 radical (unpaired) electrons. The van der Waals surface area contributed by atoms with Crippen molar-refractivity contribution in [2.75, 3.05) is 31.2 Å². The van der Waals surface area contributed by atoms with Gasteiger partial charge in [0.25, 0.3) is 0 Å². The third-order valence-electron chi connectivity index (χ3n) is 2.65. The quantitative estimate of drug-likeness (QED) is 0.793. The second kappa shape index (κ2) is 7.58. The van der Waals surface area contributed by atoms with Gasteiger partial charge in [0, 0.05) is 18.7 Å². The van der Waals surface area contributed by atoms with Gasteiger partial charge in [0.05, 0.1) is 15.7 Å². The Morgan fingerprint density at radius 2 is 1.89 bits per heavy atom. The van der Waals surface area contributed by atoms with E-state index in [-0.39, 0.29) is 5.91 Å². The van der Waals surface area contributed by atoms with Crippen molar-refractivity contribution in [3.63, 3.8) is 0 Å². The molecule has 19 heavy (non-hydrogen) atoms. The van der Waals surface area contributed by atoms with Gasteiger partial charge in [0.2, 0.25) is 5.91 Å². The van der Waals surface area contributed by atoms with Crippen molar-refractivity contribution in [3.05, 3.63) is 22.2 Å². The number of carbonyl (C=O) groups excluding carboxylic acids is 1. The number of anilines is 2. The first-order chi connectivity index (χ1) is 8.93. The van der Waals surface area contributed by atoms with Crippen LogP contribution in [0.4, 0.5) is 11.4 Å². The van der Waals surface area contributed by atoms with E-state index in [4.69, 9.17) is 28.9 Å². The minimum Gasteiger partial charge on any atom is -0.399 e. The lowest BCUT2D eigenvalue weighted by Crippen LogP contribution is -2.25. The van der Waals surface area contributed by atoms with E-state index in [0.717, 1.165) is 13.0 Å². The van der Waals surface area contributed by atoms with Gasteiger partial charge in [-0.25, -0.2) is 0 Å². The molecule has 0 heterocycles. The molecule has 0 unspecified atom stereocenters. The van der Waals surface area contributed by atoms with Crippen molar-refractivity contribution in [3.8, 4) is 0 Å². The van der Waals surface area contributed by atoms with Crippen LogP contribution >= 0.6 is 23.2 Å². The summed E-state index contributed by atoms with van der Waals surface area (Å²) in [5, 5.41) is 3.41. The normalized spacial score (nSPS) is 10.8. The van der Waals surface area contributed by atoms with Gasteiger partial charge < -0.3 is 16.0 Å². The van der Waals surface area contributed by atoms with E-state index in [2.05, 4.69) is 17.1 Å². The van der Waals surface area contributed by atoms with E-state index in [1.54, 1.807) is 12.1 Å². The molecule has 0 fully saturated rings. The lowest BCUT2D eigenvalue weighted by molar-refractivity contribution is -0.116. The van der Waals surface area contributed by atoms with Crippen LogP contribution in [0.3, 0.4) is 0 Å². The molecule has 0 saturated carbocycles.